The molecule has 0 aliphatic heterocycles. The molecule has 5 heteroatoms. The molecule has 0 aliphatic rings. The van der Waals surface area contributed by atoms with Crippen molar-refractivity contribution in [3.05, 3.63) is 59.2 Å². The van der Waals surface area contributed by atoms with Crippen molar-refractivity contribution in [3.63, 3.8) is 0 Å². The van der Waals surface area contributed by atoms with Crippen molar-refractivity contribution in [1.29, 1.82) is 0 Å². The number of carbonyl (C=O) groups excluding carboxylic acids is 1. The third kappa shape index (κ3) is 4.04. The van der Waals surface area contributed by atoms with Crippen LogP contribution in [0.25, 0.3) is 0 Å². The highest BCUT2D eigenvalue weighted by Gasteiger charge is 2.09. The number of carbonyl (C=O) groups is 1. The first-order valence-electron chi connectivity index (χ1n) is 7.02. The molecule has 2 N–H and O–H groups in total. The predicted molar refractivity (Wildman–Crippen MR) is 84.0 cm³/mol. The smallest absolute Gasteiger partial charge is 0.226 e. The van der Waals surface area contributed by atoms with Gasteiger partial charge in [-0.3, -0.25) is 4.79 Å². The summed E-state index contributed by atoms with van der Waals surface area (Å²) in [5.41, 5.74) is 2.56. The van der Waals surface area contributed by atoms with Gasteiger partial charge in [0.15, 0.2) is 0 Å². The molecule has 0 atom stereocenters. The van der Waals surface area contributed by atoms with Crippen molar-refractivity contribution in [2.24, 2.45) is 0 Å². The molecule has 3 nitrogen and oxygen atoms in total. The molecular weight excluding hydrogens is 286 g/mol. The van der Waals surface area contributed by atoms with E-state index in [2.05, 4.69) is 10.6 Å². The number of hydrogen-bond donors (Lipinski definition) is 2. The quantitative estimate of drug-likeness (QED) is 0.876. The van der Waals surface area contributed by atoms with Gasteiger partial charge in [0.05, 0.1) is 0 Å². The number of rotatable bonds is 5. The van der Waals surface area contributed by atoms with Crippen LogP contribution in [0, 0.1) is 25.5 Å². The Morgan fingerprint density at radius 3 is 2.45 bits per heavy atom. The molecular formula is C17H18F2N2O. The third-order valence-electron chi connectivity index (χ3n) is 3.28. The lowest BCUT2D eigenvalue weighted by Gasteiger charge is -2.11. The highest BCUT2D eigenvalue weighted by Crippen LogP contribution is 2.18. The summed E-state index contributed by atoms with van der Waals surface area (Å²) in [5.74, 6) is -1.55. The minimum absolute atomic E-state index is 0.112. The van der Waals surface area contributed by atoms with E-state index in [9.17, 15) is 13.6 Å². The van der Waals surface area contributed by atoms with Crippen LogP contribution in [0.3, 0.4) is 0 Å². The molecule has 0 bridgehead atoms. The van der Waals surface area contributed by atoms with E-state index in [1.54, 1.807) is 0 Å². The van der Waals surface area contributed by atoms with Crippen LogP contribution in [0.1, 0.15) is 17.5 Å². The molecule has 0 saturated heterocycles. The molecule has 2 aromatic rings. The second kappa shape index (κ2) is 7.02. The maximum atomic E-state index is 13.4. The van der Waals surface area contributed by atoms with Gasteiger partial charge in [-0.15, -0.1) is 0 Å². The molecule has 2 aromatic carbocycles. The molecule has 0 spiro atoms. The maximum Gasteiger partial charge on any atom is 0.226 e. The number of para-hydroxylation sites is 1. The van der Waals surface area contributed by atoms with E-state index >= 15 is 0 Å². The molecule has 0 aliphatic carbocycles. The first-order valence-corrected chi connectivity index (χ1v) is 7.02. The van der Waals surface area contributed by atoms with Crippen molar-refractivity contribution in [2.75, 3.05) is 17.2 Å². The Morgan fingerprint density at radius 2 is 1.77 bits per heavy atom. The zero-order chi connectivity index (χ0) is 16.1. The van der Waals surface area contributed by atoms with Gasteiger partial charge in [0.1, 0.15) is 17.3 Å². The van der Waals surface area contributed by atoms with Crippen LogP contribution in [-0.4, -0.2) is 12.5 Å². The number of halogens is 2. The number of amides is 1. The SMILES string of the molecule is Cc1ccc(C)c(NC(=O)CCNc2c(F)cccc2F)c1. The number of anilines is 2. The van der Waals surface area contributed by atoms with Crippen LogP contribution in [0.2, 0.25) is 0 Å². The topological polar surface area (TPSA) is 41.1 Å². The van der Waals surface area contributed by atoms with Gasteiger partial charge in [0, 0.05) is 18.7 Å². The number of hydrogen-bond acceptors (Lipinski definition) is 2. The van der Waals surface area contributed by atoms with Crippen LogP contribution in [0.5, 0.6) is 0 Å². The summed E-state index contributed by atoms with van der Waals surface area (Å²) in [6.07, 6.45) is 0.112. The first kappa shape index (κ1) is 15.9. The van der Waals surface area contributed by atoms with Gasteiger partial charge < -0.3 is 10.6 Å². The summed E-state index contributed by atoms with van der Waals surface area (Å²) in [5, 5.41) is 5.41. The molecule has 2 rings (SSSR count). The lowest BCUT2D eigenvalue weighted by Crippen LogP contribution is -2.17. The standard InChI is InChI=1S/C17H18F2N2O/c1-11-6-7-12(2)15(10-11)21-16(22)8-9-20-17-13(18)4-3-5-14(17)19/h3-7,10,20H,8-9H2,1-2H3,(H,21,22). The zero-order valence-electron chi connectivity index (χ0n) is 12.5. The zero-order valence-corrected chi connectivity index (χ0v) is 12.5. The molecule has 0 aromatic heterocycles. The summed E-state index contributed by atoms with van der Waals surface area (Å²) in [6, 6.07) is 9.41. The average Bonchev–Trinajstić information content (AvgIpc) is 2.46. The molecule has 1 amide bonds. The molecule has 0 unspecified atom stereocenters. The van der Waals surface area contributed by atoms with Gasteiger partial charge in [-0.05, 0) is 43.2 Å². The minimum Gasteiger partial charge on any atom is -0.380 e. The van der Waals surface area contributed by atoms with Gasteiger partial charge in [-0.25, -0.2) is 8.78 Å². The van der Waals surface area contributed by atoms with Gasteiger partial charge in [0.2, 0.25) is 5.91 Å². The monoisotopic (exact) mass is 304 g/mol. The van der Waals surface area contributed by atoms with Crippen LogP contribution in [-0.2, 0) is 4.79 Å². The summed E-state index contributed by atoms with van der Waals surface area (Å²) in [7, 11) is 0. The second-order valence-corrected chi connectivity index (χ2v) is 5.14. The van der Waals surface area contributed by atoms with Crippen LogP contribution in [0.4, 0.5) is 20.2 Å². The summed E-state index contributed by atoms with van der Waals surface area (Å²) >= 11 is 0. The largest absolute Gasteiger partial charge is 0.380 e. The molecule has 0 heterocycles. The lowest BCUT2D eigenvalue weighted by molar-refractivity contribution is -0.115. The van der Waals surface area contributed by atoms with Gasteiger partial charge in [-0.2, -0.15) is 0 Å². The highest BCUT2D eigenvalue weighted by molar-refractivity contribution is 5.91. The third-order valence-corrected chi connectivity index (χ3v) is 3.28. The first-order chi connectivity index (χ1) is 10.5. The van der Waals surface area contributed by atoms with E-state index in [0.29, 0.717) is 0 Å². The fourth-order valence-corrected chi connectivity index (χ4v) is 2.05. The average molecular weight is 304 g/mol. The number of aryl methyl sites for hydroxylation is 2. The maximum absolute atomic E-state index is 13.4. The van der Waals surface area contributed by atoms with Gasteiger partial charge in [0.25, 0.3) is 0 Å². The van der Waals surface area contributed by atoms with Crippen LogP contribution in [0.15, 0.2) is 36.4 Å². The van der Waals surface area contributed by atoms with Crippen molar-refractivity contribution < 1.29 is 13.6 Å². The Labute approximate surface area is 128 Å². The summed E-state index contributed by atoms with van der Waals surface area (Å²) in [4.78, 5) is 11.9. The molecule has 22 heavy (non-hydrogen) atoms. The Balaban J connectivity index is 1.89. The van der Waals surface area contributed by atoms with Crippen molar-refractivity contribution in [2.45, 2.75) is 20.3 Å². The van der Waals surface area contributed by atoms with E-state index in [1.807, 2.05) is 32.0 Å². The molecule has 0 saturated carbocycles. The second-order valence-electron chi connectivity index (χ2n) is 5.14. The van der Waals surface area contributed by atoms with Crippen LogP contribution >= 0.6 is 0 Å². The van der Waals surface area contributed by atoms with E-state index in [4.69, 9.17) is 0 Å². The fraction of sp³-hybridized carbons (Fsp3) is 0.235. The predicted octanol–water partition coefficient (Wildman–Crippen LogP) is 4.02. The van der Waals surface area contributed by atoms with E-state index in [1.165, 1.54) is 18.2 Å². The van der Waals surface area contributed by atoms with Crippen LogP contribution < -0.4 is 10.6 Å². The highest BCUT2D eigenvalue weighted by atomic mass is 19.1. The molecule has 0 radical (unpaired) electrons. The normalized spacial score (nSPS) is 10.4. The molecule has 116 valence electrons. The van der Waals surface area contributed by atoms with E-state index < -0.39 is 11.6 Å². The van der Waals surface area contributed by atoms with Gasteiger partial charge >= 0.3 is 0 Å². The number of nitrogens with one attached hydrogen (secondary N) is 2. The molecule has 0 fully saturated rings. The Kier molecular flexibility index (Phi) is 5.09. The van der Waals surface area contributed by atoms with Crippen molar-refractivity contribution >= 4 is 17.3 Å². The van der Waals surface area contributed by atoms with Gasteiger partial charge in [-0.1, -0.05) is 18.2 Å². The Morgan fingerprint density at radius 1 is 1.09 bits per heavy atom. The summed E-state index contributed by atoms with van der Waals surface area (Å²) in [6.45, 7) is 3.99. The Bertz CT molecular complexity index is 666. The van der Waals surface area contributed by atoms with E-state index in [0.717, 1.165) is 16.8 Å². The minimum atomic E-state index is -0.671. The van der Waals surface area contributed by atoms with Crippen molar-refractivity contribution in [3.8, 4) is 0 Å². The fourth-order valence-electron chi connectivity index (χ4n) is 2.05. The number of benzene rings is 2. The van der Waals surface area contributed by atoms with E-state index in [-0.39, 0.29) is 24.6 Å². The lowest BCUT2D eigenvalue weighted by atomic mass is 10.1. The summed E-state index contributed by atoms with van der Waals surface area (Å²) < 4.78 is 26.8. The van der Waals surface area contributed by atoms with Crippen molar-refractivity contribution in [1.82, 2.24) is 0 Å². The Hall–Kier alpha value is -2.43.